The molecule has 0 fully saturated rings. The summed E-state index contributed by atoms with van der Waals surface area (Å²) in [5.74, 6) is 1.75. The molecular formula is C21H32NO4P. The maximum Gasteiger partial charge on any atom is 0.193 e. The summed E-state index contributed by atoms with van der Waals surface area (Å²) in [6.07, 6.45) is 0. The summed E-state index contributed by atoms with van der Waals surface area (Å²) in [5.41, 5.74) is -0.628. The molecule has 0 unspecified atom stereocenters. The van der Waals surface area contributed by atoms with Crippen LogP contribution in [0.5, 0.6) is 11.5 Å². The molecule has 0 N–H and O–H groups in total. The number of hydrogen-bond acceptors (Lipinski definition) is 5. The van der Waals surface area contributed by atoms with Crippen LogP contribution in [0.15, 0.2) is 23.2 Å². The number of ether oxygens (including phenoxy) is 3. The SMILES string of the molecule is COc1cccc2c1[P@](=O)(C(C)(C)C)[C@@H](C(C)(C)C1=N[C@@H](C(C)C)CO1)O2. The average Bonchev–Trinajstić information content (AvgIpc) is 3.19. The Labute approximate surface area is 162 Å². The fraction of sp³-hybridized carbons (Fsp3) is 0.667. The number of fused-ring (bicyclic) bond motifs is 1. The molecule has 0 saturated carbocycles. The van der Waals surface area contributed by atoms with Gasteiger partial charge in [0.15, 0.2) is 18.9 Å². The van der Waals surface area contributed by atoms with E-state index in [2.05, 4.69) is 13.8 Å². The average molecular weight is 393 g/mol. The first-order chi connectivity index (χ1) is 12.4. The van der Waals surface area contributed by atoms with Gasteiger partial charge in [-0.15, -0.1) is 0 Å². The molecule has 0 bridgehead atoms. The summed E-state index contributed by atoms with van der Waals surface area (Å²) >= 11 is 0. The van der Waals surface area contributed by atoms with E-state index in [1.807, 2.05) is 52.8 Å². The summed E-state index contributed by atoms with van der Waals surface area (Å²) in [4.78, 5) is 4.82. The van der Waals surface area contributed by atoms with Crippen molar-refractivity contribution in [2.75, 3.05) is 13.7 Å². The lowest BCUT2D eigenvalue weighted by molar-refractivity contribution is 0.167. The zero-order valence-corrected chi connectivity index (χ0v) is 18.6. The predicted molar refractivity (Wildman–Crippen MR) is 110 cm³/mol. The van der Waals surface area contributed by atoms with Crippen LogP contribution in [0.1, 0.15) is 48.5 Å². The van der Waals surface area contributed by atoms with Crippen LogP contribution in [0, 0.1) is 11.3 Å². The van der Waals surface area contributed by atoms with Gasteiger partial charge in [-0.2, -0.15) is 0 Å². The fourth-order valence-corrected chi connectivity index (χ4v) is 7.72. The van der Waals surface area contributed by atoms with E-state index in [1.54, 1.807) is 7.11 Å². The molecule has 3 rings (SSSR count). The second kappa shape index (κ2) is 6.55. The van der Waals surface area contributed by atoms with Gasteiger partial charge in [0.25, 0.3) is 0 Å². The molecule has 1 aromatic rings. The molecule has 0 aromatic heterocycles. The first kappa shape index (κ1) is 20.3. The molecule has 6 heteroatoms. The first-order valence-electron chi connectivity index (χ1n) is 9.59. The van der Waals surface area contributed by atoms with E-state index in [1.165, 1.54) is 0 Å². The lowest BCUT2D eigenvalue weighted by Gasteiger charge is -2.39. The van der Waals surface area contributed by atoms with Gasteiger partial charge in [0.05, 0.1) is 23.9 Å². The van der Waals surface area contributed by atoms with Crippen LogP contribution >= 0.6 is 7.14 Å². The van der Waals surface area contributed by atoms with Crippen molar-refractivity contribution in [1.29, 1.82) is 0 Å². The topological polar surface area (TPSA) is 57.1 Å². The quantitative estimate of drug-likeness (QED) is 0.697. The van der Waals surface area contributed by atoms with Crippen LogP contribution in [0.2, 0.25) is 0 Å². The minimum Gasteiger partial charge on any atom is -0.496 e. The molecule has 2 heterocycles. The molecule has 0 aliphatic carbocycles. The van der Waals surface area contributed by atoms with Gasteiger partial charge in [0.2, 0.25) is 0 Å². The second-order valence-electron chi connectivity index (χ2n) is 9.38. The highest BCUT2D eigenvalue weighted by atomic mass is 31.2. The van der Waals surface area contributed by atoms with Crippen molar-refractivity contribution in [2.45, 2.75) is 65.5 Å². The van der Waals surface area contributed by atoms with Gasteiger partial charge in [-0.05, 0) is 31.9 Å². The lowest BCUT2D eigenvalue weighted by Crippen LogP contribution is -2.43. The van der Waals surface area contributed by atoms with Gasteiger partial charge >= 0.3 is 0 Å². The van der Waals surface area contributed by atoms with Gasteiger partial charge in [-0.3, -0.25) is 0 Å². The summed E-state index contributed by atoms with van der Waals surface area (Å²) in [7, 11) is -1.42. The minimum atomic E-state index is -3.03. The third-order valence-electron chi connectivity index (χ3n) is 5.69. The first-order valence-corrected chi connectivity index (χ1v) is 11.4. The maximum absolute atomic E-state index is 14.7. The van der Waals surface area contributed by atoms with Crippen LogP contribution in [0.4, 0.5) is 0 Å². The van der Waals surface area contributed by atoms with Gasteiger partial charge in [0.1, 0.15) is 18.1 Å². The molecule has 1 aromatic carbocycles. The highest BCUT2D eigenvalue weighted by molar-refractivity contribution is 7.74. The Morgan fingerprint density at radius 2 is 1.89 bits per heavy atom. The number of benzene rings is 1. The molecule has 0 saturated heterocycles. The molecule has 2 aliphatic heterocycles. The van der Waals surface area contributed by atoms with Crippen molar-refractivity contribution in [3.05, 3.63) is 18.2 Å². The van der Waals surface area contributed by atoms with Crippen LogP contribution < -0.4 is 14.8 Å². The molecule has 0 amide bonds. The van der Waals surface area contributed by atoms with E-state index in [4.69, 9.17) is 19.2 Å². The zero-order chi connectivity index (χ0) is 20.2. The summed E-state index contributed by atoms with van der Waals surface area (Å²) in [6, 6.07) is 5.74. The molecular weight excluding hydrogens is 361 g/mol. The third kappa shape index (κ3) is 2.99. The standard InChI is InChI=1S/C21H32NO4P/c1-13(2)14-12-25-18(22-14)21(6,7)19-26-16-11-9-10-15(24-8)17(16)27(19,23)20(3,4)5/h9-11,13-14,19H,12H2,1-8H3/t14-,19+,27-/m1/s1. The fourth-order valence-electron chi connectivity index (χ4n) is 3.88. The largest absolute Gasteiger partial charge is 0.496 e. The summed E-state index contributed by atoms with van der Waals surface area (Å²) in [6.45, 7) is 14.9. The molecule has 2 aliphatic rings. The van der Waals surface area contributed by atoms with Crippen molar-refractivity contribution in [3.63, 3.8) is 0 Å². The van der Waals surface area contributed by atoms with Crippen molar-refractivity contribution in [3.8, 4) is 11.5 Å². The highest BCUT2D eigenvalue weighted by Gasteiger charge is 2.61. The van der Waals surface area contributed by atoms with Gasteiger partial charge < -0.3 is 18.8 Å². The predicted octanol–water partition coefficient (Wildman–Crippen LogP) is 4.68. The number of aliphatic imine (C=N–C) groups is 1. The van der Waals surface area contributed by atoms with Crippen molar-refractivity contribution in [2.24, 2.45) is 16.3 Å². The van der Waals surface area contributed by atoms with E-state index in [0.29, 0.717) is 35.2 Å². The Morgan fingerprint density at radius 1 is 1.22 bits per heavy atom. The highest BCUT2D eigenvalue weighted by Crippen LogP contribution is 2.70. The monoisotopic (exact) mass is 393 g/mol. The van der Waals surface area contributed by atoms with Gasteiger partial charge in [0, 0.05) is 5.16 Å². The summed E-state index contributed by atoms with van der Waals surface area (Å²) in [5, 5.41) is 0.211. The van der Waals surface area contributed by atoms with E-state index in [0.717, 1.165) is 0 Å². The Balaban J connectivity index is 2.14. The summed E-state index contributed by atoms with van der Waals surface area (Å²) < 4.78 is 32.6. The molecule has 0 radical (unpaired) electrons. The molecule has 0 spiro atoms. The van der Waals surface area contributed by atoms with E-state index in [9.17, 15) is 4.57 Å². The van der Waals surface area contributed by atoms with Crippen LogP contribution in [-0.2, 0) is 9.30 Å². The third-order valence-corrected chi connectivity index (χ3v) is 10.2. The second-order valence-corrected chi connectivity index (χ2v) is 13.0. The van der Waals surface area contributed by atoms with Crippen LogP contribution in [0.3, 0.4) is 0 Å². The van der Waals surface area contributed by atoms with Crippen LogP contribution in [0.25, 0.3) is 0 Å². The molecule has 150 valence electrons. The number of rotatable bonds is 4. The van der Waals surface area contributed by atoms with Crippen molar-refractivity contribution in [1.82, 2.24) is 0 Å². The maximum atomic E-state index is 14.7. The number of methoxy groups -OCH3 is 1. The lowest BCUT2D eigenvalue weighted by atomic mass is 9.94. The number of hydrogen-bond donors (Lipinski definition) is 0. The van der Waals surface area contributed by atoms with E-state index in [-0.39, 0.29) is 6.04 Å². The van der Waals surface area contributed by atoms with Gasteiger partial charge in [-0.1, -0.05) is 40.7 Å². The number of nitrogens with zero attached hydrogens (tertiary/aromatic N) is 1. The molecule has 27 heavy (non-hydrogen) atoms. The zero-order valence-electron chi connectivity index (χ0n) is 17.7. The van der Waals surface area contributed by atoms with E-state index < -0.39 is 23.6 Å². The van der Waals surface area contributed by atoms with Crippen molar-refractivity contribution < 1.29 is 18.8 Å². The van der Waals surface area contributed by atoms with E-state index >= 15 is 0 Å². The molecule has 3 atom stereocenters. The minimum absolute atomic E-state index is 0.131. The van der Waals surface area contributed by atoms with Crippen molar-refractivity contribution >= 4 is 18.3 Å². The van der Waals surface area contributed by atoms with Gasteiger partial charge in [-0.25, -0.2) is 4.99 Å². The Morgan fingerprint density at radius 3 is 2.41 bits per heavy atom. The Hall–Kier alpha value is -1.48. The molecule has 5 nitrogen and oxygen atoms in total. The Kier molecular flexibility index (Phi) is 4.91. The Bertz CT molecular complexity index is 807. The smallest absolute Gasteiger partial charge is 0.193 e. The normalized spacial score (nSPS) is 27.8. The van der Waals surface area contributed by atoms with Crippen LogP contribution in [-0.4, -0.2) is 36.7 Å².